The van der Waals surface area contributed by atoms with Gasteiger partial charge < -0.3 is 9.72 Å². The molecule has 72 valence electrons. The number of nitrogens with one attached hydrogen (secondary N) is 1. The highest BCUT2D eigenvalue weighted by molar-refractivity contribution is 6.01. The Balaban J connectivity index is 2.88. The second kappa shape index (κ2) is 3.18. The molecular formula is C11H11NO2. The molecule has 0 fully saturated rings. The number of H-pyrrole nitrogens is 1. The van der Waals surface area contributed by atoms with Crippen LogP contribution in [0.15, 0.2) is 18.3 Å². The number of aromatic amines is 1. The largest absolute Gasteiger partial charge is 0.496 e. The van der Waals surface area contributed by atoms with Crippen LogP contribution in [-0.4, -0.2) is 18.4 Å². The van der Waals surface area contributed by atoms with Crippen LogP contribution in [0.5, 0.6) is 5.75 Å². The summed E-state index contributed by atoms with van der Waals surface area (Å²) in [5, 5.41) is 0.914. The first-order valence-electron chi connectivity index (χ1n) is 4.37. The Bertz CT molecular complexity index is 485. The molecule has 0 aliphatic rings. The summed E-state index contributed by atoms with van der Waals surface area (Å²) in [6, 6.07) is 3.75. The van der Waals surface area contributed by atoms with Gasteiger partial charge in [0.25, 0.3) is 0 Å². The van der Waals surface area contributed by atoms with Gasteiger partial charge in [-0.15, -0.1) is 0 Å². The molecule has 3 nitrogen and oxygen atoms in total. The number of methoxy groups -OCH3 is 1. The number of rotatable bonds is 2. The zero-order chi connectivity index (χ0) is 10.1. The fourth-order valence-corrected chi connectivity index (χ4v) is 1.69. The summed E-state index contributed by atoms with van der Waals surface area (Å²) < 4.78 is 5.15. The topological polar surface area (TPSA) is 42.1 Å². The molecule has 0 radical (unpaired) electrons. The van der Waals surface area contributed by atoms with Crippen molar-refractivity contribution in [1.82, 2.24) is 4.98 Å². The molecule has 0 spiro atoms. The molecular weight excluding hydrogens is 178 g/mol. The zero-order valence-electron chi connectivity index (χ0n) is 8.13. The van der Waals surface area contributed by atoms with E-state index in [1.807, 2.05) is 25.3 Å². The summed E-state index contributed by atoms with van der Waals surface area (Å²) in [5.74, 6) is 0.629. The molecule has 1 N–H and O–H groups in total. The monoisotopic (exact) mass is 189 g/mol. The molecule has 0 saturated carbocycles. The van der Waals surface area contributed by atoms with Gasteiger partial charge in [-0.2, -0.15) is 0 Å². The SMILES string of the molecule is COc1cc(C)c2[nH]ccc2c1C=O. The molecule has 2 aromatic rings. The van der Waals surface area contributed by atoms with Gasteiger partial charge in [0.1, 0.15) is 5.75 Å². The van der Waals surface area contributed by atoms with Crippen molar-refractivity contribution in [3.63, 3.8) is 0 Å². The lowest BCUT2D eigenvalue weighted by atomic mass is 10.1. The lowest BCUT2D eigenvalue weighted by Gasteiger charge is -2.06. The van der Waals surface area contributed by atoms with E-state index in [-0.39, 0.29) is 0 Å². The van der Waals surface area contributed by atoms with Crippen LogP contribution >= 0.6 is 0 Å². The number of aryl methyl sites for hydroxylation is 1. The summed E-state index contributed by atoms with van der Waals surface area (Å²) in [7, 11) is 1.57. The highest BCUT2D eigenvalue weighted by Crippen LogP contribution is 2.28. The molecule has 2 rings (SSSR count). The number of ether oxygens (including phenoxy) is 1. The summed E-state index contributed by atoms with van der Waals surface area (Å²) in [4.78, 5) is 14.0. The minimum Gasteiger partial charge on any atom is -0.496 e. The van der Waals surface area contributed by atoms with Gasteiger partial charge in [-0.05, 0) is 24.6 Å². The summed E-state index contributed by atoms with van der Waals surface area (Å²) >= 11 is 0. The lowest BCUT2D eigenvalue weighted by molar-refractivity contribution is 0.112. The summed E-state index contributed by atoms with van der Waals surface area (Å²) in [6.45, 7) is 1.98. The molecule has 1 heterocycles. The van der Waals surface area contributed by atoms with Gasteiger partial charge in [0.15, 0.2) is 6.29 Å². The number of carbonyl (C=O) groups excluding carboxylic acids is 1. The third kappa shape index (κ3) is 1.09. The Morgan fingerprint density at radius 1 is 1.50 bits per heavy atom. The summed E-state index contributed by atoms with van der Waals surface area (Å²) in [6.07, 6.45) is 2.65. The molecule has 0 saturated heterocycles. The molecule has 0 bridgehead atoms. The second-order valence-electron chi connectivity index (χ2n) is 3.19. The van der Waals surface area contributed by atoms with Crippen molar-refractivity contribution in [3.8, 4) is 5.75 Å². The maximum atomic E-state index is 10.9. The van der Waals surface area contributed by atoms with E-state index >= 15 is 0 Å². The van der Waals surface area contributed by atoms with E-state index in [0.29, 0.717) is 11.3 Å². The zero-order valence-corrected chi connectivity index (χ0v) is 8.13. The minimum atomic E-state index is 0.606. The molecule has 14 heavy (non-hydrogen) atoms. The van der Waals surface area contributed by atoms with Crippen LogP contribution in [0.25, 0.3) is 10.9 Å². The average molecular weight is 189 g/mol. The van der Waals surface area contributed by atoms with Gasteiger partial charge in [0, 0.05) is 17.1 Å². The fourth-order valence-electron chi connectivity index (χ4n) is 1.69. The van der Waals surface area contributed by atoms with Crippen LogP contribution in [0.4, 0.5) is 0 Å². The standard InChI is InChI=1S/C11H11NO2/c1-7-5-10(14-2)9(6-13)8-3-4-12-11(7)8/h3-6,12H,1-2H3. The number of carbonyl (C=O) groups is 1. The first-order valence-corrected chi connectivity index (χ1v) is 4.37. The summed E-state index contributed by atoms with van der Waals surface area (Å²) in [5.41, 5.74) is 2.68. The van der Waals surface area contributed by atoms with Gasteiger partial charge in [-0.3, -0.25) is 4.79 Å². The molecule has 0 aliphatic carbocycles. The van der Waals surface area contributed by atoms with Crippen LogP contribution < -0.4 is 4.74 Å². The Morgan fingerprint density at radius 3 is 2.93 bits per heavy atom. The number of fused-ring (bicyclic) bond motifs is 1. The lowest BCUT2D eigenvalue weighted by Crippen LogP contribution is -1.92. The van der Waals surface area contributed by atoms with Crippen molar-refractivity contribution in [3.05, 3.63) is 29.5 Å². The van der Waals surface area contributed by atoms with E-state index in [4.69, 9.17) is 4.74 Å². The van der Waals surface area contributed by atoms with Gasteiger partial charge in [0.05, 0.1) is 12.7 Å². The van der Waals surface area contributed by atoms with Crippen molar-refractivity contribution < 1.29 is 9.53 Å². The molecule has 0 aliphatic heterocycles. The molecule has 0 atom stereocenters. The Kier molecular flexibility index (Phi) is 2.00. The van der Waals surface area contributed by atoms with E-state index < -0.39 is 0 Å². The Hall–Kier alpha value is -1.77. The number of benzene rings is 1. The van der Waals surface area contributed by atoms with Gasteiger partial charge >= 0.3 is 0 Å². The number of hydrogen-bond donors (Lipinski definition) is 1. The van der Waals surface area contributed by atoms with Gasteiger partial charge in [-0.1, -0.05) is 0 Å². The third-order valence-corrected chi connectivity index (χ3v) is 2.38. The van der Waals surface area contributed by atoms with Crippen LogP contribution in [0.1, 0.15) is 15.9 Å². The molecule has 1 aromatic heterocycles. The maximum Gasteiger partial charge on any atom is 0.154 e. The highest BCUT2D eigenvalue weighted by atomic mass is 16.5. The molecule has 3 heteroatoms. The Labute approximate surface area is 81.7 Å². The molecule has 0 unspecified atom stereocenters. The maximum absolute atomic E-state index is 10.9. The highest BCUT2D eigenvalue weighted by Gasteiger charge is 2.10. The van der Waals surface area contributed by atoms with Crippen LogP contribution in [0.2, 0.25) is 0 Å². The number of aromatic nitrogens is 1. The second-order valence-corrected chi connectivity index (χ2v) is 3.19. The fraction of sp³-hybridized carbons (Fsp3) is 0.182. The third-order valence-electron chi connectivity index (χ3n) is 2.38. The molecule has 0 amide bonds. The van der Waals surface area contributed by atoms with Gasteiger partial charge in [-0.25, -0.2) is 0 Å². The van der Waals surface area contributed by atoms with E-state index in [0.717, 1.165) is 22.8 Å². The van der Waals surface area contributed by atoms with Crippen molar-refractivity contribution in [2.45, 2.75) is 6.92 Å². The minimum absolute atomic E-state index is 0.606. The van der Waals surface area contributed by atoms with E-state index in [9.17, 15) is 4.79 Å². The predicted molar refractivity (Wildman–Crippen MR) is 55.0 cm³/mol. The van der Waals surface area contributed by atoms with Crippen molar-refractivity contribution in [2.24, 2.45) is 0 Å². The van der Waals surface area contributed by atoms with Crippen molar-refractivity contribution >= 4 is 17.2 Å². The molecule has 1 aromatic carbocycles. The number of aldehydes is 1. The van der Waals surface area contributed by atoms with Gasteiger partial charge in [0.2, 0.25) is 0 Å². The smallest absolute Gasteiger partial charge is 0.154 e. The Morgan fingerprint density at radius 2 is 2.29 bits per heavy atom. The van der Waals surface area contributed by atoms with E-state index in [1.165, 1.54) is 0 Å². The number of hydrogen-bond acceptors (Lipinski definition) is 2. The average Bonchev–Trinajstić information content (AvgIpc) is 2.66. The van der Waals surface area contributed by atoms with Crippen molar-refractivity contribution in [1.29, 1.82) is 0 Å². The van der Waals surface area contributed by atoms with E-state index in [1.54, 1.807) is 7.11 Å². The quantitative estimate of drug-likeness (QED) is 0.736. The van der Waals surface area contributed by atoms with E-state index in [2.05, 4.69) is 4.98 Å². The van der Waals surface area contributed by atoms with Crippen molar-refractivity contribution in [2.75, 3.05) is 7.11 Å². The van der Waals surface area contributed by atoms with Crippen LogP contribution in [-0.2, 0) is 0 Å². The first-order chi connectivity index (χ1) is 6.77. The first kappa shape index (κ1) is 8.81. The normalized spacial score (nSPS) is 10.4. The predicted octanol–water partition coefficient (Wildman–Crippen LogP) is 2.30. The van der Waals surface area contributed by atoms with Crippen LogP contribution in [0.3, 0.4) is 0 Å². The van der Waals surface area contributed by atoms with Crippen LogP contribution in [0, 0.1) is 6.92 Å².